The largest absolute Gasteiger partial charge is 0.497 e. The summed E-state index contributed by atoms with van der Waals surface area (Å²) in [4.78, 5) is 2.49. The van der Waals surface area contributed by atoms with E-state index in [1.807, 2.05) is 0 Å². The van der Waals surface area contributed by atoms with Crippen molar-refractivity contribution in [2.24, 2.45) is 0 Å². The number of aromatic nitrogens is 1. The fourth-order valence-electron chi connectivity index (χ4n) is 4.61. The smallest absolute Gasteiger partial charge is 0.119 e. The maximum absolute atomic E-state index is 5.53. The number of rotatable bonds is 4. The molecule has 2 aromatic carbocycles. The van der Waals surface area contributed by atoms with Crippen molar-refractivity contribution in [3.8, 4) is 5.75 Å². The molecule has 0 spiro atoms. The maximum Gasteiger partial charge on any atom is 0.119 e. The predicted octanol–water partition coefficient (Wildman–Crippen LogP) is 5.14. The zero-order chi connectivity index (χ0) is 19.1. The zero-order valence-electron chi connectivity index (χ0n) is 17.1. The van der Waals surface area contributed by atoms with Crippen molar-refractivity contribution in [2.45, 2.75) is 52.2 Å². The molecule has 4 rings (SSSR count). The summed E-state index contributed by atoms with van der Waals surface area (Å²) in [6.45, 7) is 7.90. The molecular formula is C24H30N2O. The van der Waals surface area contributed by atoms with E-state index < -0.39 is 0 Å². The van der Waals surface area contributed by atoms with Gasteiger partial charge in [-0.1, -0.05) is 24.3 Å². The molecule has 1 aliphatic rings. The highest BCUT2D eigenvalue weighted by Crippen LogP contribution is 2.40. The topological polar surface area (TPSA) is 17.4 Å². The van der Waals surface area contributed by atoms with Gasteiger partial charge in [0.05, 0.1) is 7.11 Å². The molecule has 0 amide bonds. The lowest BCUT2D eigenvalue weighted by atomic mass is 9.93. The standard InChI is InChI=1S/C24H30N2O/c1-16-8-6-7-9-19(16)12-13-26-22-11-10-20(27-5)15-21(22)24-18(3)25(4)17(2)14-23(24)26/h6-11,15,17-18H,12-14H2,1-5H3. The summed E-state index contributed by atoms with van der Waals surface area (Å²) in [5.41, 5.74) is 7.14. The summed E-state index contributed by atoms with van der Waals surface area (Å²) in [7, 11) is 4.00. The first-order valence-electron chi connectivity index (χ1n) is 9.96. The van der Waals surface area contributed by atoms with Crippen molar-refractivity contribution in [3.63, 3.8) is 0 Å². The molecule has 0 aliphatic carbocycles. The van der Waals surface area contributed by atoms with Crippen LogP contribution in [0.2, 0.25) is 0 Å². The van der Waals surface area contributed by atoms with Gasteiger partial charge in [0.25, 0.3) is 0 Å². The highest BCUT2D eigenvalue weighted by Gasteiger charge is 2.31. The molecule has 3 nitrogen and oxygen atoms in total. The Morgan fingerprint density at radius 3 is 2.63 bits per heavy atom. The molecule has 1 aliphatic heterocycles. The van der Waals surface area contributed by atoms with Gasteiger partial charge in [-0.05, 0) is 69.1 Å². The summed E-state index contributed by atoms with van der Waals surface area (Å²) in [5.74, 6) is 0.940. The van der Waals surface area contributed by atoms with Crippen molar-refractivity contribution < 1.29 is 4.74 Å². The van der Waals surface area contributed by atoms with E-state index in [-0.39, 0.29) is 0 Å². The third-order valence-electron chi connectivity index (χ3n) is 6.50. The van der Waals surface area contributed by atoms with Gasteiger partial charge in [0.1, 0.15) is 5.75 Å². The molecule has 0 bridgehead atoms. The Bertz CT molecular complexity index is 972. The maximum atomic E-state index is 5.53. The van der Waals surface area contributed by atoms with E-state index in [4.69, 9.17) is 4.74 Å². The Kier molecular flexibility index (Phi) is 4.73. The third-order valence-corrected chi connectivity index (χ3v) is 6.50. The van der Waals surface area contributed by atoms with Gasteiger partial charge in [-0.15, -0.1) is 0 Å². The van der Waals surface area contributed by atoms with Crippen molar-refractivity contribution in [2.75, 3.05) is 14.2 Å². The van der Waals surface area contributed by atoms with Crippen molar-refractivity contribution in [3.05, 3.63) is 64.8 Å². The molecular weight excluding hydrogens is 332 g/mol. The average molecular weight is 363 g/mol. The monoisotopic (exact) mass is 362 g/mol. The molecule has 0 N–H and O–H groups in total. The molecule has 2 heterocycles. The van der Waals surface area contributed by atoms with Gasteiger partial charge in [-0.25, -0.2) is 0 Å². The molecule has 27 heavy (non-hydrogen) atoms. The van der Waals surface area contributed by atoms with E-state index in [2.05, 4.69) is 79.8 Å². The molecule has 0 radical (unpaired) electrons. The number of fused-ring (bicyclic) bond motifs is 3. The average Bonchev–Trinajstić information content (AvgIpc) is 2.98. The number of likely N-dealkylation sites (N-methyl/N-ethyl adjacent to an activating group) is 1. The van der Waals surface area contributed by atoms with Gasteiger partial charge in [-0.2, -0.15) is 0 Å². The summed E-state index contributed by atoms with van der Waals surface area (Å²) in [6, 6.07) is 16.3. The summed E-state index contributed by atoms with van der Waals surface area (Å²) in [5, 5.41) is 1.35. The number of methoxy groups -OCH3 is 1. The van der Waals surface area contributed by atoms with E-state index in [0.29, 0.717) is 12.1 Å². The Labute approximate surface area is 162 Å². The van der Waals surface area contributed by atoms with Crippen LogP contribution in [0.5, 0.6) is 5.75 Å². The second-order valence-corrected chi connectivity index (χ2v) is 7.97. The molecule has 2 unspecified atom stereocenters. The minimum absolute atomic E-state index is 0.415. The van der Waals surface area contributed by atoms with E-state index >= 15 is 0 Å². The number of hydrogen-bond acceptors (Lipinski definition) is 2. The first kappa shape index (κ1) is 18.1. The molecule has 3 heteroatoms. The molecule has 142 valence electrons. The number of nitrogens with zero attached hydrogens (tertiary/aromatic N) is 2. The zero-order valence-corrected chi connectivity index (χ0v) is 17.1. The lowest BCUT2D eigenvalue weighted by molar-refractivity contribution is 0.177. The predicted molar refractivity (Wildman–Crippen MR) is 113 cm³/mol. The molecule has 0 fully saturated rings. The fraction of sp³-hybridized carbons (Fsp3) is 0.417. The molecule has 1 aromatic heterocycles. The van der Waals surface area contributed by atoms with E-state index in [1.165, 1.54) is 33.3 Å². The summed E-state index contributed by atoms with van der Waals surface area (Å²) in [6.07, 6.45) is 2.16. The number of aryl methyl sites for hydroxylation is 3. The number of benzene rings is 2. The van der Waals surface area contributed by atoms with Crippen LogP contribution < -0.4 is 4.74 Å². The van der Waals surface area contributed by atoms with Gasteiger partial charge in [0, 0.05) is 41.6 Å². The van der Waals surface area contributed by atoms with Crippen LogP contribution in [0.15, 0.2) is 42.5 Å². The molecule has 3 aromatic rings. The van der Waals surface area contributed by atoms with Crippen LogP contribution in [0.1, 0.15) is 42.3 Å². The van der Waals surface area contributed by atoms with E-state index in [9.17, 15) is 0 Å². The molecule has 0 saturated carbocycles. The summed E-state index contributed by atoms with van der Waals surface area (Å²) < 4.78 is 8.09. The quantitative estimate of drug-likeness (QED) is 0.639. The Balaban J connectivity index is 1.82. The van der Waals surface area contributed by atoms with Crippen LogP contribution in [0, 0.1) is 6.92 Å². The van der Waals surface area contributed by atoms with Gasteiger partial charge >= 0.3 is 0 Å². The summed E-state index contributed by atoms with van der Waals surface area (Å²) >= 11 is 0. The van der Waals surface area contributed by atoms with Gasteiger partial charge in [0.2, 0.25) is 0 Å². The Morgan fingerprint density at radius 1 is 1.11 bits per heavy atom. The van der Waals surface area contributed by atoms with Crippen molar-refractivity contribution >= 4 is 10.9 Å². The van der Waals surface area contributed by atoms with Gasteiger partial charge < -0.3 is 9.30 Å². The first-order chi connectivity index (χ1) is 13.0. The minimum Gasteiger partial charge on any atom is -0.497 e. The third kappa shape index (κ3) is 3.04. The van der Waals surface area contributed by atoms with Crippen molar-refractivity contribution in [1.82, 2.24) is 9.47 Å². The Morgan fingerprint density at radius 2 is 1.89 bits per heavy atom. The molecule has 2 atom stereocenters. The Hall–Kier alpha value is -2.26. The lowest BCUT2D eigenvalue weighted by Crippen LogP contribution is -2.38. The number of ether oxygens (including phenoxy) is 1. The molecule has 0 saturated heterocycles. The SMILES string of the molecule is COc1ccc2c(c1)c1c(n2CCc2ccccc2C)CC(C)N(C)C1C. The van der Waals surface area contributed by atoms with Crippen molar-refractivity contribution in [1.29, 1.82) is 0 Å². The highest BCUT2D eigenvalue weighted by atomic mass is 16.5. The normalized spacial score (nSPS) is 20.0. The second-order valence-electron chi connectivity index (χ2n) is 7.97. The minimum atomic E-state index is 0.415. The fourth-order valence-corrected chi connectivity index (χ4v) is 4.61. The van der Waals surface area contributed by atoms with E-state index in [0.717, 1.165) is 25.1 Å². The van der Waals surface area contributed by atoms with Gasteiger partial charge in [-0.3, -0.25) is 4.90 Å². The highest BCUT2D eigenvalue weighted by molar-refractivity contribution is 5.87. The van der Waals surface area contributed by atoms with E-state index in [1.54, 1.807) is 7.11 Å². The van der Waals surface area contributed by atoms with Crippen LogP contribution in [0.4, 0.5) is 0 Å². The second kappa shape index (κ2) is 7.05. The lowest BCUT2D eigenvalue weighted by Gasteiger charge is -2.37. The van der Waals surface area contributed by atoms with Crippen LogP contribution in [0.3, 0.4) is 0 Å². The van der Waals surface area contributed by atoms with Crippen LogP contribution >= 0.6 is 0 Å². The van der Waals surface area contributed by atoms with Crippen LogP contribution in [0.25, 0.3) is 10.9 Å². The van der Waals surface area contributed by atoms with Gasteiger partial charge in [0.15, 0.2) is 0 Å². The number of hydrogen-bond donors (Lipinski definition) is 0. The van der Waals surface area contributed by atoms with Crippen LogP contribution in [-0.2, 0) is 19.4 Å². The van der Waals surface area contributed by atoms with Crippen LogP contribution in [-0.4, -0.2) is 29.7 Å². The first-order valence-corrected chi connectivity index (χ1v) is 9.96.